The molecule has 2 nitrogen and oxygen atoms in total. The van der Waals surface area contributed by atoms with Gasteiger partial charge in [0.2, 0.25) is 0 Å². The van der Waals surface area contributed by atoms with E-state index in [1.807, 2.05) is 30.3 Å². The zero-order valence-corrected chi connectivity index (χ0v) is 9.80. The number of aldehydes is 1. The summed E-state index contributed by atoms with van der Waals surface area (Å²) in [5.74, 6) is 0.00344. The number of carbonyl (C=O) groups excluding carboxylic acids is 1. The molecule has 16 heavy (non-hydrogen) atoms. The van der Waals surface area contributed by atoms with Crippen molar-refractivity contribution in [2.75, 3.05) is 0 Å². The second kappa shape index (κ2) is 7.18. The summed E-state index contributed by atoms with van der Waals surface area (Å²) in [5, 5.41) is 9.87. The van der Waals surface area contributed by atoms with Crippen LogP contribution in [0.25, 0.3) is 0 Å². The fourth-order valence-electron chi connectivity index (χ4n) is 1.93. The van der Waals surface area contributed by atoms with Crippen molar-refractivity contribution >= 4 is 6.29 Å². The van der Waals surface area contributed by atoms with Gasteiger partial charge in [-0.05, 0) is 24.8 Å². The van der Waals surface area contributed by atoms with Gasteiger partial charge >= 0.3 is 0 Å². The van der Waals surface area contributed by atoms with Crippen LogP contribution < -0.4 is 0 Å². The van der Waals surface area contributed by atoms with Gasteiger partial charge in [-0.3, -0.25) is 0 Å². The minimum atomic E-state index is -0.413. The first-order valence-corrected chi connectivity index (χ1v) is 5.93. The Morgan fingerprint density at radius 2 is 2.00 bits per heavy atom. The van der Waals surface area contributed by atoms with Gasteiger partial charge in [0.25, 0.3) is 0 Å². The molecular weight excluding hydrogens is 200 g/mol. The number of hydrogen-bond acceptors (Lipinski definition) is 2. The highest BCUT2D eigenvalue weighted by atomic mass is 16.3. The molecule has 0 aliphatic carbocycles. The SMILES string of the molecule is CCCC(C=O)CC(O)Cc1ccccc1. The van der Waals surface area contributed by atoms with Crippen LogP contribution in [0, 0.1) is 5.92 Å². The van der Waals surface area contributed by atoms with Gasteiger partial charge in [-0.15, -0.1) is 0 Å². The number of aliphatic hydroxyl groups excluding tert-OH is 1. The molecule has 1 aromatic carbocycles. The summed E-state index contributed by atoms with van der Waals surface area (Å²) >= 11 is 0. The lowest BCUT2D eigenvalue weighted by molar-refractivity contribution is -0.112. The predicted octanol–water partition coefficient (Wildman–Crippen LogP) is 2.60. The van der Waals surface area contributed by atoms with Crippen molar-refractivity contribution in [1.82, 2.24) is 0 Å². The molecule has 0 saturated heterocycles. The average molecular weight is 220 g/mol. The van der Waals surface area contributed by atoms with Crippen molar-refractivity contribution in [3.05, 3.63) is 35.9 Å². The predicted molar refractivity (Wildman–Crippen MR) is 65.2 cm³/mol. The van der Waals surface area contributed by atoms with E-state index < -0.39 is 6.10 Å². The zero-order valence-electron chi connectivity index (χ0n) is 9.80. The lowest BCUT2D eigenvalue weighted by Gasteiger charge is -2.14. The number of hydrogen-bond donors (Lipinski definition) is 1. The lowest BCUT2D eigenvalue weighted by atomic mass is 9.95. The molecule has 0 saturated carbocycles. The first kappa shape index (κ1) is 12.9. The normalized spacial score (nSPS) is 14.4. The monoisotopic (exact) mass is 220 g/mol. The van der Waals surface area contributed by atoms with Crippen LogP contribution in [0.2, 0.25) is 0 Å². The molecule has 0 heterocycles. The van der Waals surface area contributed by atoms with E-state index in [-0.39, 0.29) is 5.92 Å². The zero-order chi connectivity index (χ0) is 11.8. The maximum Gasteiger partial charge on any atom is 0.123 e. The van der Waals surface area contributed by atoms with E-state index >= 15 is 0 Å². The smallest absolute Gasteiger partial charge is 0.123 e. The highest BCUT2D eigenvalue weighted by Gasteiger charge is 2.13. The fraction of sp³-hybridized carbons (Fsp3) is 0.500. The van der Waals surface area contributed by atoms with Crippen molar-refractivity contribution < 1.29 is 9.90 Å². The van der Waals surface area contributed by atoms with Gasteiger partial charge in [0, 0.05) is 5.92 Å². The van der Waals surface area contributed by atoms with Crippen molar-refractivity contribution in [2.24, 2.45) is 5.92 Å². The summed E-state index contributed by atoms with van der Waals surface area (Å²) in [7, 11) is 0. The lowest BCUT2D eigenvalue weighted by Crippen LogP contribution is -2.17. The first-order valence-electron chi connectivity index (χ1n) is 5.93. The van der Waals surface area contributed by atoms with Crippen LogP contribution in [0.1, 0.15) is 31.7 Å². The molecule has 1 aromatic rings. The summed E-state index contributed by atoms with van der Waals surface area (Å²) in [6.07, 6.45) is 3.62. The van der Waals surface area contributed by atoms with Gasteiger partial charge in [-0.2, -0.15) is 0 Å². The molecule has 0 radical (unpaired) electrons. The van der Waals surface area contributed by atoms with Gasteiger partial charge in [0.05, 0.1) is 6.10 Å². The van der Waals surface area contributed by atoms with E-state index in [0.29, 0.717) is 12.8 Å². The summed E-state index contributed by atoms with van der Waals surface area (Å²) in [5.41, 5.74) is 1.12. The van der Waals surface area contributed by atoms with Crippen molar-refractivity contribution in [2.45, 2.75) is 38.7 Å². The first-order chi connectivity index (χ1) is 7.76. The minimum absolute atomic E-state index is 0.00344. The minimum Gasteiger partial charge on any atom is -0.393 e. The Morgan fingerprint density at radius 3 is 2.56 bits per heavy atom. The Morgan fingerprint density at radius 1 is 1.31 bits per heavy atom. The number of rotatable bonds is 7. The van der Waals surface area contributed by atoms with Crippen LogP contribution in [0.5, 0.6) is 0 Å². The highest BCUT2D eigenvalue weighted by molar-refractivity contribution is 5.53. The fourth-order valence-corrected chi connectivity index (χ4v) is 1.93. The maximum atomic E-state index is 10.8. The van der Waals surface area contributed by atoms with Gasteiger partial charge in [-0.1, -0.05) is 43.7 Å². The van der Waals surface area contributed by atoms with Crippen molar-refractivity contribution in [3.63, 3.8) is 0 Å². The molecule has 0 bridgehead atoms. The molecule has 0 aromatic heterocycles. The standard InChI is InChI=1S/C14H20O2/c1-2-6-13(11-15)10-14(16)9-12-7-4-3-5-8-12/h3-5,7-8,11,13-14,16H,2,6,9-10H2,1H3. The van der Waals surface area contributed by atoms with E-state index in [1.54, 1.807) is 0 Å². The second-order valence-corrected chi connectivity index (χ2v) is 4.26. The molecule has 2 heteroatoms. The Bertz CT molecular complexity index is 295. The van der Waals surface area contributed by atoms with Crippen LogP contribution in [-0.4, -0.2) is 17.5 Å². The van der Waals surface area contributed by atoms with E-state index in [1.165, 1.54) is 0 Å². The Labute approximate surface area is 97.3 Å². The molecule has 0 amide bonds. The Kier molecular flexibility index (Phi) is 5.79. The third-order valence-corrected chi connectivity index (χ3v) is 2.74. The molecular formula is C14H20O2. The Hall–Kier alpha value is -1.15. The van der Waals surface area contributed by atoms with Crippen molar-refractivity contribution in [1.29, 1.82) is 0 Å². The molecule has 0 fully saturated rings. The topological polar surface area (TPSA) is 37.3 Å². The summed E-state index contributed by atoms with van der Waals surface area (Å²) < 4.78 is 0. The molecule has 2 atom stereocenters. The second-order valence-electron chi connectivity index (χ2n) is 4.26. The van der Waals surface area contributed by atoms with Gasteiger partial charge in [0.1, 0.15) is 6.29 Å². The van der Waals surface area contributed by atoms with E-state index in [0.717, 1.165) is 24.7 Å². The highest BCUT2D eigenvalue weighted by Crippen LogP contribution is 2.14. The van der Waals surface area contributed by atoms with E-state index in [4.69, 9.17) is 0 Å². The Balaban J connectivity index is 2.40. The largest absolute Gasteiger partial charge is 0.393 e. The quantitative estimate of drug-likeness (QED) is 0.717. The number of carbonyl (C=O) groups is 1. The van der Waals surface area contributed by atoms with Crippen LogP contribution in [0.4, 0.5) is 0 Å². The third kappa shape index (κ3) is 4.58. The average Bonchev–Trinajstić information content (AvgIpc) is 2.29. The molecule has 1 N–H and O–H groups in total. The van der Waals surface area contributed by atoms with Gasteiger partial charge in [0.15, 0.2) is 0 Å². The van der Waals surface area contributed by atoms with Crippen LogP contribution in [0.3, 0.4) is 0 Å². The van der Waals surface area contributed by atoms with Gasteiger partial charge < -0.3 is 9.90 Å². The number of aliphatic hydroxyl groups is 1. The summed E-state index contributed by atoms with van der Waals surface area (Å²) in [6.45, 7) is 2.06. The maximum absolute atomic E-state index is 10.8. The number of benzene rings is 1. The summed E-state index contributed by atoms with van der Waals surface area (Å²) in [6, 6.07) is 9.88. The molecule has 0 spiro atoms. The van der Waals surface area contributed by atoms with E-state index in [2.05, 4.69) is 6.92 Å². The molecule has 0 aliphatic heterocycles. The van der Waals surface area contributed by atoms with Crippen LogP contribution in [0.15, 0.2) is 30.3 Å². The van der Waals surface area contributed by atoms with Crippen molar-refractivity contribution in [3.8, 4) is 0 Å². The molecule has 1 rings (SSSR count). The summed E-state index contributed by atoms with van der Waals surface area (Å²) in [4.78, 5) is 10.8. The van der Waals surface area contributed by atoms with Crippen LogP contribution in [-0.2, 0) is 11.2 Å². The molecule has 88 valence electrons. The van der Waals surface area contributed by atoms with Crippen LogP contribution >= 0.6 is 0 Å². The molecule has 2 unspecified atom stereocenters. The van der Waals surface area contributed by atoms with Gasteiger partial charge in [-0.25, -0.2) is 0 Å². The third-order valence-electron chi connectivity index (χ3n) is 2.74. The molecule has 0 aliphatic rings. The van der Waals surface area contributed by atoms with E-state index in [9.17, 15) is 9.90 Å².